The van der Waals surface area contributed by atoms with Crippen LogP contribution in [0.5, 0.6) is 0 Å². The van der Waals surface area contributed by atoms with Crippen molar-refractivity contribution in [1.29, 1.82) is 0 Å². The molecule has 180 valence electrons. The highest BCUT2D eigenvalue weighted by molar-refractivity contribution is 7.16. The molecule has 1 amide bonds. The molecule has 3 aromatic heterocycles. The lowest BCUT2D eigenvalue weighted by atomic mass is 10.1. The van der Waals surface area contributed by atoms with Crippen LogP contribution in [0.4, 0.5) is 16.3 Å². The Labute approximate surface area is 210 Å². The molecular formula is C26H21N5O4S. The number of fused-ring (bicyclic) bond motifs is 1. The average molecular weight is 500 g/mol. The van der Waals surface area contributed by atoms with Crippen LogP contribution in [0.25, 0.3) is 27.3 Å². The van der Waals surface area contributed by atoms with E-state index >= 15 is 0 Å². The molecule has 0 aliphatic rings. The third kappa shape index (κ3) is 4.41. The Morgan fingerprint density at radius 1 is 1.08 bits per heavy atom. The minimum atomic E-state index is -1.25. The Balaban J connectivity index is 1.67. The van der Waals surface area contributed by atoms with Crippen LogP contribution in [0.3, 0.4) is 0 Å². The molecule has 9 nitrogen and oxygen atoms in total. The van der Waals surface area contributed by atoms with Crippen molar-refractivity contribution in [2.45, 2.75) is 13.8 Å². The Hall–Kier alpha value is -4.57. The normalized spacial score (nSPS) is 10.9. The molecule has 5 rings (SSSR count). The van der Waals surface area contributed by atoms with E-state index in [2.05, 4.69) is 15.1 Å². The van der Waals surface area contributed by atoms with Crippen LogP contribution in [-0.4, -0.2) is 43.5 Å². The van der Waals surface area contributed by atoms with Crippen molar-refractivity contribution >= 4 is 45.1 Å². The zero-order valence-corrected chi connectivity index (χ0v) is 20.3. The minimum Gasteiger partial charge on any atom is -0.464 e. The average Bonchev–Trinajstić information content (AvgIpc) is 3.51. The predicted octanol–water partition coefficient (Wildman–Crippen LogP) is 5.85. The van der Waals surface area contributed by atoms with Gasteiger partial charge in [0.15, 0.2) is 11.6 Å². The molecule has 0 bridgehead atoms. The fraction of sp³-hybridized carbons (Fsp3) is 0.115. The summed E-state index contributed by atoms with van der Waals surface area (Å²) in [5, 5.41) is 14.8. The van der Waals surface area contributed by atoms with E-state index in [4.69, 9.17) is 4.74 Å². The van der Waals surface area contributed by atoms with Gasteiger partial charge in [0.1, 0.15) is 0 Å². The Morgan fingerprint density at radius 2 is 1.92 bits per heavy atom. The van der Waals surface area contributed by atoms with Crippen molar-refractivity contribution < 1.29 is 19.4 Å². The second-order valence-electron chi connectivity index (χ2n) is 7.86. The van der Waals surface area contributed by atoms with Crippen molar-refractivity contribution in [1.82, 2.24) is 19.7 Å². The molecule has 1 N–H and O–H groups in total. The number of benzene rings is 2. The molecule has 36 heavy (non-hydrogen) atoms. The molecule has 0 atom stereocenters. The monoisotopic (exact) mass is 499 g/mol. The van der Waals surface area contributed by atoms with Crippen LogP contribution < -0.4 is 4.90 Å². The SMILES string of the molecule is CCOC(=O)c1cccc(N(C(=O)O)c2cc(-c3ccc4ncsc4c3)n(-c3cccc(C)n3)n2)c1. The topological polar surface area (TPSA) is 110 Å². The standard InChI is InChI=1S/C26H21N5O4S/c1-3-35-25(32)18-7-5-8-19(12-18)30(26(33)34)24-14-21(17-10-11-20-22(13-17)36-15-27-20)31(29-24)23-9-4-6-16(2)28-23/h4-15H,3H2,1-2H3,(H,33,34). The van der Waals surface area contributed by atoms with Crippen LogP contribution in [0.2, 0.25) is 0 Å². The number of carboxylic acid groups (broad SMARTS) is 1. The zero-order chi connectivity index (χ0) is 25.2. The van der Waals surface area contributed by atoms with Crippen LogP contribution in [-0.2, 0) is 4.74 Å². The molecule has 0 unspecified atom stereocenters. The van der Waals surface area contributed by atoms with E-state index in [0.29, 0.717) is 11.5 Å². The predicted molar refractivity (Wildman–Crippen MR) is 137 cm³/mol. The van der Waals surface area contributed by atoms with Gasteiger partial charge in [0.25, 0.3) is 0 Å². The van der Waals surface area contributed by atoms with Crippen LogP contribution in [0.15, 0.2) is 72.2 Å². The quantitative estimate of drug-likeness (QED) is 0.292. The second kappa shape index (κ2) is 9.59. The number of pyridine rings is 1. The molecule has 0 fully saturated rings. The number of carbonyl (C=O) groups is 2. The number of hydrogen-bond donors (Lipinski definition) is 1. The summed E-state index contributed by atoms with van der Waals surface area (Å²) in [5.74, 6) is 0.176. The molecule has 10 heteroatoms. The number of thiazole rings is 1. The van der Waals surface area contributed by atoms with Crippen molar-refractivity contribution in [3.05, 3.63) is 83.5 Å². The summed E-state index contributed by atoms with van der Waals surface area (Å²) >= 11 is 1.52. The number of ether oxygens (including phenoxy) is 1. The number of hydrogen-bond acceptors (Lipinski definition) is 7. The van der Waals surface area contributed by atoms with Crippen LogP contribution in [0, 0.1) is 6.92 Å². The number of aromatic nitrogens is 4. The first-order valence-corrected chi connectivity index (χ1v) is 12.0. The van der Waals surface area contributed by atoms with E-state index in [0.717, 1.165) is 26.4 Å². The van der Waals surface area contributed by atoms with E-state index in [1.54, 1.807) is 41.4 Å². The highest BCUT2D eigenvalue weighted by Crippen LogP contribution is 2.33. The van der Waals surface area contributed by atoms with E-state index in [9.17, 15) is 14.7 Å². The number of amides is 1. The van der Waals surface area contributed by atoms with Gasteiger partial charge >= 0.3 is 12.1 Å². The Bertz CT molecular complexity index is 1590. The lowest BCUT2D eigenvalue weighted by molar-refractivity contribution is 0.0526. The van der Waals surface area contributed by atoms with Crippen LogP contribution in [0.1, 0.15) is 23.0 Å². The summed E-state index contributed by atoms with van der Waals surface area (Å²) in [5.41, 5.74) is 5.46. The lowest BCUT2D eigenvalue weighted by Crippen LogP contribution is -2.24. The Kier molecular flexibility index (Phi) is 6.17. The highest BCUT2D eigenvalue weighted by Gasteiger charge is 2.24. The summed E-state index contributed by atoms with van der Waals surface area (Å²) in [6.07, 6.45) is -1.25. The Morgan fingerprint density at radius 3 is 2.69 bits per heavy atom. The first-order chi connectivity index (χ1) is 17.4. The molecule has 0 aliphatic carbocycles. The van der Waals surface area contributed by atoms with Crippen molar-refractivity contribution in [2.75, 3.05) is 11.5 Å². The van der Waals surface area contributed by atoms with Gasteiger partial charge in [0.05, 0.1) is 39.3 Å². The van der Waals surface area contributed by atoms with Gasteiger partial charge in [0.2, 0.25) is 0 Å². The van der Waals surface area contributed by atoms with Crippen molar-refractivity contribution in [2.24, 2.45) is 0 Å². The fourth-order valence-electron chi connectivity index (χ4n) is 3.85. The maximum atomic E-state index is 12.4. The van der Waals surface area contributed by atoms with E-state index in [1.807, 2.05) is 43.3 Å². The zero-order valence-electron chi connectivity index (χ0n) is 19.5. The summed E-state index contributed by atoms with van der Waals surface area (Å²) in [6, 6.07) is 19.3. The van der Waals surface area contributed by atoms with Gasteiger partial charge in [-0.1, -0.05) is 18.2 Å². The van der Waals surface area contributed by atoms with Gasteiger partial charge in [-0.05, 0) is 56.3 Å². The highest BCUT2D eigenvalue weighted by atomic mass is 32.1. The van der Waals surface area contributed by atoms with Gasteiger partial charge in [-0.3, -0.25) is 0 Å². The van der Waals surface area contributed by atoms with Crippen molar-refractivity contribution in [3.63, 3.8) is 0 Å². The second-order valence-corrected chi connectivity index (χ2v) is 8.75. The van der Waals surface area contributed by atoms with Gasteiger partial charge in [-0.2, -0.15) is 0 Å². The minimum absolute atomic E-state index is 0.159. The van der Waals surface area contributed by atoms with Gasteiger partial charge in [0, 0.05) is 17.3 Å². The van der Waals surface area contributed by atoms with Gasteiger partial charge in [-0.25, -0.2) is 29.1 Å². The number of nitrogens with zero attached hydrogens (tertiary/aromatic N) is 5. The maximum Gasteiger partial charge on any atom is 0.417 e. The largest absolute Gasteiger partial charge is 0.464 e. The fourth-order valence-corrected chi connectivity index (χ4v) is 4.56. The molecular weight excluding hydrogens is 478 g/mol. The molecule has 0 saturated heterocycles. The first kappa shape index (κ1) is 23.2. The molecule has 0 aliphatic heterocycles. The number of esters is 1. The lowest BCUT2D eigenvalue weighted by Gasteiger charge is -2.17. The maximum absolute atomic E-state index is 12.4. The van der Waals surface area contributed by atoms with E-state index < -0.39 is 12.1 Å². The number of anilines is 2. The molecule has 0 spiro atoms. The number of aryl methyl sites for hydroxylation is 1. The summed E-state index contributed by atoms with van der Waals surface area (Å²) in [7, 11) is 0. The summed E-state index contributed by atoms with van der Waals surface area (Å²) in [6.45, 7) is 3.80. The molecule has 2 aromatic carbocycles. The third-order valence-electron chi connectivity index (χ3n) is 5.45. The number of rotatable bonds is 6. The van der Waals surface area contributed by atoms with Crippen LogP contribution >= 0.6 is 11.3 Å². The first-order valence-electron chi connectivity index (χ1n) is 11.1. The molecule has 0 saturated carbocycles. The molecule has 5 aromatic rings. The van der Waals surface area contributed by atoms with Gasteiger partial charge < -0.3 is 9.84 Å². The molecule has 3 heterocycles. The van der Waals surface area contributed by atoms with Gasteiger partial charge in [-0.15, -0.1) is 16.4 Å². The third-order valence-corrected chi connectivity index (χ3v) is 6.24. The number of carbonyl (C=O) groups excluding carboxylic acids is 1. The smallest absolute Gasteiger partial charge is 0.417 e. The molecule has 0 radical (unpaired) electrons. The van der Waals surface area contributed by atoms with Crippen molar-refractivity contribution in [3.8, 4) is 17.1 Å². The van der Waals surface area contributed by atoms with E-state index in [1.165, 1.54) is 17.4 Å². The summed E-state index contributed by atoms with van der Waals surface area (Å²) < 4.78 is 7.69. The van der Waals surface area contributed by atoms with E-state index in [-0.39, 0.29) is 23.7 Å². The summed E-state index contributed by atoms with van der Waals surface area (Å²) in [4.78, 5) is 34.6.